The van der Waals surface area contributed by atoms with Crippen molar-refractivity contribution >= 4 is 17.1 Å². The second-order valence-corrected chi connectivity index (χ2v) is 14.5. The number of benzene rings is 8. The lowest BCUT2D eigenvalue weighted by atomic mass is 9.67. The monoisotopic (exact) mass is 729 g/mol. The van der Waals surface area contributed by atoms with Crippen LogP contribution < -0.4 is 4.90 Å². The molecular formula is C56H43N. The van der Waals surface area contributed by atoms with Crippen LogP contribution in [0.15, 0.2) is 243 Å². The number of fused-ring (bicyclic) bond motifs is 3. The van der Waals surface area contributed by atoms with Crippen molar-refractivity contribution in [2.45, 2.75) is 12.3 Å². The van der Waals surface area contributed by atoms with E-state index in [9.17, 15) is 0 Å². The lowest BCUT2D eigenvalue weighted by Gasteiger charge is -2.35. The van der Waals surface area contributed by atoms with Crippen LogP contribution in [0, 0.1) is 0 Å². The molecule has 0 aliphatic heterocycles. The zero-order valence-corrected chi connectivity index (χ0v) is 32.1. The average molecular weight is 730 g/mol. The Hall–Kier alpha value is -7.22. The van der Waals surface area contributed by atoms with Gasteiger partial charge in [-0.3, -0.25) is 0 Å². The minimum Gasteiger partial charge on any atom is -0.310 e. The standard InChI is InChI=1S/C56H43N/c1-3-4-8-19-41(2)56(47-24-13-7-14-25-47)53-28-17-15-27-51(53)52-39-38-49(40-54(52)56)57(55-29-18-16-26-50(55)46-22-11-6-12-23-46)48-36-34-45(35-37-48)44-32-30-43(31-33-44)42-20-9-5-10-21-42/h3-40H,2H2,1H3/b4-3-,19-8-. The Morgan fingerprint density at radius 3 is 1.58 bits per heavy atom. The Labute approximate surface area is 336 Å². The smallest absolute Gasteiger partial charge is 0.0708 e. The van der Waals surface area contributed by atoms with Crippen LogP contribution in [0.5, 0.6) is 0 Å². The van der Waals surface area contributed by atoms with Gasteiger partial charge in [-0.2, -0.15) is 0 Å². The van der Waals surface area contributed by atoms with Gasteiger partial charge in [0, 0.05) is 16.9 Å². The van der Waals surface area contributed by atoms with Crippen molar-refractivity contribution < 1.29 is 0 Å². The van der Waals surface area contributed by atoms with Crippen LogP contribution in [-0.2, 0) is 5.41 Å². The Balaban J connectivity index is 1.23. The molecule has 1 heteroatoms. The highest BCUT2D eigenvalue weighted by Crippen LogP contribution is 2.57. The Morgan fingerprint density at radius 1 is 0.439 bits per heavy atom. The second-order valence-electron chi connectivity index (χ2n) is 14.5. The molecule has 57 heavy (non-hydrogen) atoms. The fourth-order valence-electron chi connectivity index (χ4n) is 8.59. The zero-order valence-electron chi connectivity index (χ0n) is 32.1. The number of nitrogens with zero attached hydrogens (tertiary/aromatic N) is 1. The molecule has 0 saturated heterocycles. The third-order valence-electron chi connectivity index (χ3n) is 11.3. The largest absolute Gasteiger partial charge is 0.310 e. The molecule has 0 spiro atoms. The number of rotatable bonds is 10. The molecule has 0 amide bonds. The fraction of sp³-hybridized carbons (Fsp3) is 0.0357. The molecule has 0 heterocycles. The highest BCUT2D eigenvalue weighted by atomic mass is 15.1. The SMILES string of the molecule is C=C(/C=C\C=C/C)C1(c2ccccc2)c2ccccc2-c2ccc(N(c3ccc(-c4ccc(-c5ccccc5)cc4)cc3)c3ccccc3-c3ccccc3)cc21. The molecule has 0 N–H and O–H groups in total. The van der Waals surface area contributed by atoms with E-state index in [-0.39, 0.29) is 0 Å². The van der Waals surface area contributed by atoms with Crippen LogP contribution in [0.4, 0.5) is 17.1 Å². The molecule has 0 bridgehead atoms. The molecule has 0 aromatic heterocycles. The molecule has 0 radical (unpaired) electrons. The number of hydrogen-bond donors (Lipinski definition) is 0. The van der Waals surface area contributed by atoms with Gasteiger partial charge < -0.3 is 4.90 Å². The highest BCUT2D eigenvalue weighted by Gasteiger charge is 2.46. The molecule has 8 aromatic carbocycles. The molecule has 1 nitrogen and oxygen atoms in total. The summed E-state index contributed by atoms with van der Waals surface area (Å²) in [4.78, 5) is 2.42. The van der Waals surface area contributed by atoms with E-state index in [0.29, 0.717) is 0 Å². The van der Waals surface area contributed by atoms with Gasteiger partial charge in [-0.1, -0.05) is 207 Å². The molecule has 1 aliphatic rings. The molecule has 8 aromatic rings. The summed E-state index contributed by atoms with van der Waals surface area (Å²) in [6.07, 6.45) is 8.42. The van der Waals surface area contributed by atoms with Gasteiger partial charge in [0.2, 0.25) is 0 Å². The number of allylic oxidation sites excluding steroid dienone is 5. The van der Waals surface area contributed by atoms with E-state index in [2.05, 4.69) is 235 Å². The Morgan fingerprint density at radius 2 is 0.930 bits per heavy atom. The first-order chi connectivity index (χ1) is 28.2. The van der Waals surface area contributed by atoms with E-state index < -0.39 is 5.41 Å². The summed E-state index contributed by atoms with van der Waals surface area (Å²) in [5.41, 5.74) is 16.9. The fourth-order valence-corrected chi connectivity index (χ4v) is 8.59. The van der Waals surface area contributed by atoms with Crippen LogP contribution >= 0.6 is 0 Å². The maximum atomic E-state index is 4.83. The lowest BCUT2D eigenvalue weighted by molar-refractivity contribution is 0.770. The molecule has 1 atom stereocenters. The Bertz CT molecular complexity index is 2720. The van der Waals surface area contributed by atoms with Gasteiger partial charge in [0.15, 0.2) is 0 Å². The van der Waals surface area contributed by atoms with Crippen LogP contribution in [0.3, 0.4) is 0 Å². The summed E-state index contributed by atoms with van der Waals surface area (Å²) >= 11 is 0. The lowest BCUT2D eigenvalue weighted by Crippen LogP contribution is -2.28. The van der Waals surface area contributed by atoms with Crippen molar-refractivity contribution in [3.8, 4) is 44.5 Å². The van der Waals surface area contributed by atoms with Gasteiger partial charge in [-0.25, -0.2) is 0 Å². The number of anilines is 3. The third-order valence-corrected chi connectivity index (χ3v) is 11.3. The summed E-state index contributed by atoms with van der Waals surface area (Å²) in [5.74, 6) is 0. The number of para-hydroxylation sites is 1. The van der Waals surface area contributed by atoms with Crippen LogP contribution in [0.2, 0.25) is 0 Å². The van der Waals surface area contributed by atoms with E-state index in [1.807, 2.05) is 6.92 Å². The van der Waals surface area contributed by atoms with Crippen molar-refractivity contribution in [3.63, 3.8) is 0 Å². The minimum atomic E-state index is -0.596. The van der Waals surface area contributed by atoms with Crippen molar-refractivity contribution in [2.24, 2.45) is 0 Å². The quantitative estimate of drug-likeness (QED) is 0.127. The Kier molecular flexibility index (Phi) is 9.64. The summed E-state index contributed by atoms with van der Waals surface area (Å²) < 4.78 is 0. The first kappa shape index (κ1) is 35.5. The molecular weight excluding hydrogens is 687 g/mol. The van der Waals surface area contributed by atoms with Crippen molar-refractivity contribution in [3.05, 3.63) is 259 Å². The first-order valence-corrected chi connectivity index (χ1v) is 19.7. The summed E-state index contributed by atoms with van der Waals surface area (Å²) in [6.45, 7) is 6.87. The normalized spacial score (nSPS) is 14.4. The van der Waals surface area contributed by atoms with Crippen molar-refractivity contribution in [1.29, 1.82) is 0 Å². The summed E-state index contributed by atoms with van der Waals surface area (Å²) in [5, 5.41) is 0. The van der Waals surface area contributed by atoms with Crippen LogP contribution in [0.25, 0.3) is 44.5 Å². The molecule has 1 aliphatic carbocycles. The molecule has 0 saturated carbocycles. The average Bonchev–Trinajstić information content (AvgIpc) is 3.58. The van der Waals surface area contributed by atoms with E-state index in [4.69, 9.17) is 6.58 Å². The van der Waals surface area contributed by atoms with Gasteiger partial charge in [0.05, 0.1) is 11.1 Å². The maximum absolute atomic E-state index is 4.83. The molecule has 1 unspecified atom stereocenters. The first-order valence-electron chi connectivity index (χ1n) is 19.7. The van der Waals surface area contributed by atoms with Crippen LogP contribution in [0.1, 0.15) is 23.6 Å². The predicted octanol–water partition coefficient (Wildman–Crippen LogP) is 15.2. The predicted molar refractivity (Wildman–Crippen MR) is 242 cm³/mol. The molecule has 0 fully saturated rings. The maximum Gasteiger partial charge on any atom is 0.0708 e. The van der Waals surface area contributed by atoms with Crippen molar-refractivity contribution in [1.82, 2.24) is 0 Å². The van der Waals surface area contributed by atoms with Gasteiger partial charge in [-0.05, 0) is 98.5 Å². The van der Waals surface area contributed by atoms with E-state index >= 15 is 0 Å². The highest BCUT2D eigenvalue weighted by molar-refractivity contribution is 5.92. The summed E-state index contributed by atoms with van der Waals surface area (Å²) in [6, 6.07) is 74.6. The van der Waals surface area contributed by atoms with Crippen molar-refractivity contribution in [2.75, 3.05) is 4.90 Å². The van der Waals surface area contributed by atoms with E-state index in [1.54, 1.807) is 0 Å². The third kappa shape index (κ3) is 6.44. The van der Waals surface area contributed by atoms with Gasteiger partial charge in [0.25, 0.3) is 0 Å². The van der Waals surface area contributed by atoms with E-state index in [0.717, 1.165) is 28.2 Å². The second kappa shape index (κ2) is 15.5. The van der Waals surface area contributed by atoms with E-state index in [1.165, 1.54) is 55.6 Å². The zero-order chi connectivity index (χ0) is 38.6. The van der Waals surface area contributed by atoms with Crippen LogP contribution in [-0.4, -0.2) is 0 Å². The number of hydrogen-bond acceptors (Lipinski definition) is 1. The minimum absolute atomic E-state index is 0.596. The van der Waals surface area contributed by atoms with Gasteiger partial charge >= 0.3 is 0 Å². The molecule has 9 rings (SSSR count). The van der Waals surface area contributed by atoms with Gasteiger partial charge in [0.1, 0.15) is 0 Å². The topological polar surface area (TPSA) is 3.24 Å². The molecule has 272 valence electrons. The summed E-state index contributed by atoms with van der Waals surface area (Å²) in [7, 11) is 0. The van der Waals surface area contributed by atoms with Gasteiger partial charge in [-0.15, -0.1) is 0 Å².